The highest BCUT2D eigenvalue weighted by atomic mass is 16.3. The van der Waals surface area contributed by atoms with Gasteiger partial charge < -0.3 is 4.42 Å². The Labute approximate surface area is 356 Å². The van der Waals surface area contributed by atoms with Gasteiger partial charge in [0.2, 0.25) is 0 Å². The van der Waals surface area contributed by atoms with Gasteiger partial charge in [0, 0.05) is 38.8 Å². The lowest BCUT2D eigenvalue weighted by molar-refractivity contribution is 0.654. The SMILES string of the molecule is CC1(C)c2ccccc2-c2ccc(C(CCc3ccc(-c4cc(-c5nc(-c6ccccc6)nc(-c6ccccc6)n5)c5c(c4)oc4ccccc45)cc3)c3ccccc3)cc21. The third-order valence-corrected chi connectivity index (χ3v) is 12.6. The van der Waals surface area contributed by atoms with Crippen molar-refractivity contribution in [3.8, 4) is 56.4 Å². The van der Waals surface area contributed by atoms with Crippen LogP contribution >= 0.6 is 0 Å². The number of hydrogen-bond donors (Lipinski definition) is 0. The van der Waals surface area contributed by atoms with Crippen molar-refractivity contribution in [3.05, 3.63) is 222 Å². The first-order valence-corrected chi connectivity index (χ1v) is 21.2. The van der Waals surface area contributed by atoms with Crippen LogP contribution < -0.4 is 0 Å². The standard InChI is InChI=1S/C57H43N3O/c1-57(2)49-24-14-12-22-45(49)46-33-31-42(35-50(46)57)44(39-16-6-3-7-17-39)32-28-37-26-29-38(30-27-37)43-34-48(53-47-23-13-15-25-51(47)61-52(53)36-43)56-59-54(40-18-8-4-9-19-40)58-55(60-56)41-20-10-5-11-21-41/h3-27,29-31,33-36,44H,28,32H2,1-2H3. The van der Waals surface area contributed by atoms with Crippen LogP contribution in [0.2, 0.25) is 0 Å². The third-order valence-electron chi connectivity index (χ3n) is 12.6. The second kappa shape index (κ2) is 15.0. The van der Waals surface area contributed by atoms with E-state index >= 15 is 0 Å². The zero-order valence-electron chi connectivity index (χ0n) is 34.2. The topological polar surface area (TPSA) is 51.8 Å². The number of hydrogen-bond acceptors (Lipinski definition) is 4. The Morgan fingerprint density at radius 2 is 1.05 bits per heavy atom. The number of aromatic nitrogens is 3. The first kappa shape index (κ1) is 36.6. The number of benzene rings is 8. The van der Waals surface area contributed by atoms with Crippen molar-refractivity contribution < 1.29 is 4.42 Å². The van der Waals surface area contributed by atoms with E-state index in [1.807, 2.05) is 72.8 Å². The van der Waals surface area contributed by atoms with E-state index in [1.54, 1.807) is 0 Å². The van der Waals surface area contributed by atoms with Crippen LogP contribution in [-0.4, -0.2) is 15.0 Å². The molecule has 0 spiro atoms. The summed E-state index contributed by atoms with van der Waals surface area (Å²) in [6.07, 6.45) is 1.95. The molecule has 0 fully saturated rings. The molecule has 8 aromatic carbocycles. The van der Waals surface area contributed by atoms with E-state index in [0.29, 0.717) is 17.5 Å². The molecule has 1 aliphatic rings. The van der Waals surface area contributed by atoms with Gasteiger partial charge in [-0.1, -0.05) is 190 Å². The Hall–Kier alpha value is -7.43. The number of para-hydroxylation sites is 1. The Morgan fingerprint density at radius 1 is 0.443 bits per heavy atom. The van der Waals surface area contributed by atoms with Crippen LogP contribution in [0.25, 0.3) is 78.4 Å². The van der Waals surface area contributed by atoms with Crippen molar-refractivity contribution in [2.75, 3.05) is 0 Å². The first-order chi connectivity index (χ1) is 30.0. The zero-order valence-corrected chi connectivity index (χ0v) is 34.2. The molecule has 61 heavy (non-hydrogen) atoms. The maximum Gasteiger partial charge on any atom is 0.164 e. The molecule has 1 atom stereocenters. The average molecular weight is 786 g/mol. The highest BCUT2D eigenvalue weighted by Crippen LogP contribution is 2.50. The zero-order chi connectivity index (χ0) is 40.9. The summed E-state index contributed by atoms with van der Waals surface area (Å²) in [6, 6.07) is 69.0. The van der Waals surface area contributed by atoms with Crippen LogP contribution in [0.15, 0.2) is 199 Å². The maximum absolute atomic E-state index is 6.57. The van der Waals surface area contributed by atoms with Crippen LogP contribution in [0.5, 0.6) is 0 Å². The van der Waals surface area contributed by atoms with Crippen LogP contribution in [0.3, 0.4) is 0 Å². The van der Waals surface area contributed by atoms with E-state index < -0.39 is 0 Å². The maximum atomic E-state index is 6.57. The molecule has 10 aromatic rings. The van der Waals surface area contributed by atoms with Gasteiger partial charge in [-0.15, -0.1) is 0 Å². The Kier molecular flexibility index (Phi) is 9.00. The van der Waals surface area contributed by atoms with E-state index in [0.717, 1.165) is 62.6 Å². The van der Waals surface area contributed by atoms with Gasteiger partial charge in [0.1, 0.15) is 11.2 Å². The van der Waals surface area contributed by atoms with Gasteiger partial charge in [0.05, 0.1) is 0 Å². The van der Waals surface area contributed by atoms with Crippen molar-refractivity contribution in [1.29, 1.82) is 0 Å². The molecule has 2 heterocycles. The fraction of sp³-hybridized carbons (Fsp3) is 0.105. The lowest BCUT2D eigenvalue weighted by atomic mass is 9.79. The highest BCUT2D eigenvalue weighted by molar-refractivity contribution is 6.13. The molecule has 0 N–H and O–H groups in total. The van der Waals surface area contributed by atoms with E-state index in [1.165, 1.54) is 38.9 Å². The minimum absolute atomic E-state index is 0.0395. The third kappa shape index (κ3) is 6.61. The molecule has 0 bridgehead atoms. The summed E-state index contributed by atoms with van der Waals surface area (Å²) in [4.78, 5) is 15.3. The molecule has 0 saturated heterocycles. The molecule has 11 rings (SSSR count). The molecular formula is C57H43N3O. The van der Waals surface area contributed by atoms with Gasteiger partial charge in [-0.25, -0.2) is 15.0 Å². The Morgan fingerprint density at radius 3 is 1.77 bits per heavy atom. The predicted molar refractivity (Wildman–Crippen MR) is 249 cm³/mol. The number of nitrogens with zero attached hydrogens (tertiary/aromatic N) is 3. The van der Waals surface area contributed by atoms with Crippen LogP contribution in [-0.2, 0) is 11.8 Å². The van der Waals surface area contributed by atoms with Crippen molar-refractivity contribution in [2.45, 2.75) is 38.0 Å². The monoisotopic (exact) mass is 785 g/mol. The quantitative estimate of drug-likeness (QED) is 0.146. The fourth-order valence-electron chi connectivity index (χ4n) is 9.45. The van der Waals surface area contributed by atoms with Crippen LogP contribution in [0.4, 0.5) is 0 Å². The largest absolute Gasteiger partial charge is 0.456 e. The summed E-state index contributed by atoms with van der Waals surface area (Å²) in [5.74, 6) is 2.13. The number of aryl methyl sites for hydroxylation is 1. The molecule has 4 heteroatoms. The Bertz CT molecular complexity index is 3150. The second-order valence-electron chi connectivity index (χ2n) is 16.7. The summed E-state index contributed by atoms with van der Waals surface area (Å²) in [5, 5.41) is 2.02. The summed E-state index contributed by atoms with van der Waals surface area (Å²) in [6.45, 7) is 4.73. The first-order valence-electron chi connectivity index (χ1n) is 21.2. The molecule has 0 amide bonds. The molecule has 0 radical (unpaired) electrons. The normalized spacial score (nSPS) is 13.3. The van der Waals surface area contributed by atoms with Crippen LogP contribution in [0.1, 0.15) is 54.0 Å². The van der Waals surface area contributed by atoms with Crippen molar-refractivity contribution in [1.82, 2.24) is 15.0 Å². The van der Waals surface area contributed by atoms with Gasteiger partial charge in [-0.2, -0.15) is 0 Å². The van der Waals surface area contributed by atoms with Crippen LogP contribution in [0, 0.1) is 0 Å². The Balaban J connectivity index is 0.955. The smallest absolute Gasteiger partial charge is 0.164 e. The van der Waals surface area contributed by atoms with Gasteiger partial charge in [-0.05, 0) is 81.1 Å². The van der Waals surface area contributed by atoms with E-state index in [-0.39, 0.29) is 11.3 Å². The fourth-order valence-corrected chi connectivity index (χ4v) is 9.45. The molecule has 292 valence electrons. The molecule has 1 unspecified atom stereocenters. The number of furan rings is 1. The van der Waals surface area contributed by atoms with E-state index in [2.05, 4.69) is 135 Å². The summed E-state index contributed by atoms with van der Waals surface area (Å²) >= 11 is 0. The number of fused-ring (bicyclic) bond motifs is 6. The molecule has 0 saturated carbocycles. The average Bonchev–Trinajstić information content (AvgIpc) is 3.81. The molecule has 0 aliphatic heterocycles. The lowest BCUT2D eigenvalue weighted by Crippen LogP contribution is -2.15. The summed E-state index contributed by atoms with van der Waals surface area (Å²) in [5.41, 5.74) is 16.1. The summed E-state index contributed by atoms with van der Waals surface area (Å²) < 4.78 is 6.57. The van der Waals surface area contributed by atoms with Gasteiger partial charge in [-0.3, -0.25) is 0 Å². The molecular weight excluding hydrogens is 743 g/mol. The van der Waals surface area contributed by atoms with Gasteiger partial charge >= 0.3 is 0 Å². The predicted octanol–water partition coefficient (Wildman–Crippen LogP) is 14.5. The van der Waals surface area contributed by atoms with Crippen molar-refractivity contribution in [3.63, 3.8) is 0 Å². The van der Waals surface area contributed by atoms with Crippen molar-refractivity contribution >= 4 is 21.9 Å². The van der Waals surface area contributed by atoms with E-state index in [9.17, 15) is 0 Å². The number of rotatable bonds is 9. The van der Waals surface area contributed by atoms with Crippen molar-refractivity contribution in [2.24, 2.45) is 0 Å². The highest BCUT2D eigenvalue weighted by Gasteiger charge is 2.35. The molecule has 1 aliphatic carbocycles. The van der Waals surface area contributed by atoms with Gasteiger partial charge in [0.25, 0.3) is 0 Å². The second-order valence-corrected chi connectivity index (χ2v) is 16.7. The lowest BCUT2D eigenvalue weighted by Gasteiger charge is -2.24. The van der Waals surface area contributed by atoms with Gasteiger partial charge in [0.15, 0.2) is 17.5 Å². The molecule has 2 aromatic heterocycles. The minimum Gasteiger partial charge on any atom is -0.456 e. The molecule has 4 nitrogen and oxygen atoms in total. The van der Waals surface area contributed by atoms with E-state index in [4.69, 9.17) is 19.4 Å². The minimum atomic E-state index is -0.0395. The summed E-state index contributed by atoms with van der Waals surface area (Å²) in [7, 11) is 0.